The Morgan fingerprint density at radius 1 is 1.53 bits per heavy atom. The number of methoxy groups -OCH3 is 1. The highest BCUT2D eigenvalue weighted by atomic mass is 19.1. The van der Waals surface area contributed by atoms with Gasteiger partial charge in [0.2, 0.25) is 6.36 Å². The molecule has 0 saturated heterocycles. The topological polar surface area (TPSA) is 49.8 Å². The zero-order valence-corrected chi connectivity index (χ0v) is 8.26. The molecule has 0 spiro atoms. The van der Waals surface area contributed by atoms with Crippen molar-refractivity contribution in [1.82, 2.24) is 0 Å². The van der Waals surface area contributed by atoms with E-state index in [1.807, 2.05) is 0 Å². The van der Waals surface area contributed by atoms with Crippen LogP contribution >= 0.6 is 0 Å². The number of amides is 1. The van der Waals surface area contributed by atoms with Gasteiger partial charge in [0.15, 0.2) is 0 Å². The number of benzene rings is 1. The van der Waals surface area contributed by atoms with Crippen LogP contribution in [-0.4, -0.2) is 31.2 Å². The lowest BCUT2D eigenvalue weighted by molar-refractivity contribution is 0.00219. The number of alkyl halides is 1. The minimum Gasteiger partial charge on any atom is -0.465 e. The second kappa shape index (κ2) is 5.31. The standard InChI is InChI=1S/C10H12FNO3/c1-15-9(11)7-12(10(13)14)8-5-3-2-4-6-8/h2-6,9H,7H2,1H3,(H,13,14). The van der Waals surface area contributed by atoms with Crippen LogP contribution in [0.2, 0.25) is 0 Å². The van der Waals surface area contributed by atoms with Crippen LogP contribution in [0.15, 0.2) is 30.3 Å². The summed E-state index contributed by atoms with van der Waals surface area (Å²) in [6, 6.07) is 8.32. The molecule has 0 bridgehead atoms. The lowest BCUT2D eigenvalue weighted by atomic mass is 10.3. The number of nitrogens with zero attached hydrogens (tertiary/aromatic N) is 1. The van der Waals surface area contributed by atoms with Crippen LogP contribution in [0.5, 0.6) is 0 Å². The molecule has 0 fully saturated rings. The molecular weight excluding hydrogens is 201 g/mol. The fourth-order valence-corrected chi connectivity index (χ4v) is 1.12. The summed E-state index contributed by atoms with van der Waals surface area (Å²) in [5, 5.41) is 8.87. The van der Waals surface area contributed by atoms with Crippen LogP contribution in [0, 0.1) is 0 Å². The SMILES string of the molecule is COC(F)CN(C(=O)O)c1ccccc1. The van der Waals surface area contributed by atoms with E-state index in [9.17, 15) is 9.18 Å². The lowest BCUT2D eigenvalue weighted by Crippen LogP contribution is -2.35. The molecule has 1 rings (SSSR count). The molecule has 1 aromatic rings. The third kappa shape index (κ3) is 3.21. The van der Waals surface area contributed by atoms with E-state index in [4.69, 9.17) is 5.11 Å². The Labute approximate surface area is 86.9 Å². The summed E-state index contributed by atoms with van der Waals surface area (Å²) >= 11 is 0. The van der Waals surface area contributed by atoms with Crippen molar-refractivity contribution in [1.29, 1.82) is 0 Å². The predicted molar refractivity (Wildman–Crippen MR) is 53.7 cm³/mol. The molecule has 82 valence electrons. The molecule has 1 N–H and O–H groups in total. The summed E-state index contributed by atoms with van der Waals surface area (Å²) in [4.78, 5) is 11.8. The predicted octanol–water partition coefficient (Wildman–Crippen LogP) is 2.11. The Morgan fingerprint density at radius 3 is 2.60 bits per heavy atom. The van der Waals surface area contributed by atoms with Gasteiger partial charge in [0.25, 0.3) is 0 Å². The molecule has 1 atom stereocenters. The zero-order chi connectivity index (χ0) is 11.3. The van der Waals surface area contributed by atoms with Crippen LogP contribution in [0.1, 0.15) is 0 Å². The van der Waals surface area contributed by atoms with Crippen LogP contribution in [-0.2, 0) is 4.74 Å². The molecule has 0 aliphatic rings. The number of para-hydroxylation sites is 1. The molecule has 0 aliphatic carbocycles. The molecule has 0 heterocycles. The highest BCUT2D eigenvalue weighted by Gasteiger charge is 2.18. The number of carboxylic acid groups (broad SMARTS) is 1. The van der Waals surface area contributed by atoms with Gasteiger partial charge >= 0.3 is 6.09 Å². The second-order valence-corrected chi connectivity index (χ2v) is 2.87. The van der Waals surface area contributed by atoms with Crippen LogP contribution in [0.25, 0.3) is 0 Å². The van der Waals surface area contributed by atoms with Gasteiger partial charge in [-0.25, -0.2) is 9.18 Å². The van der Waals surface area contributed by atoms with Gasteiger partial charge in [-0.3, -0.25) is 4.90 Å². The van der Waals surface area contributed by atoms with Crippen molar-refractivity contribution in [2.45, 2.75) is 6.36 Å². The number of ether oxygens (including phenoxy) is 1. The van der Waals surface area contributed by atoms with Crippen LogP contribution in [0.4, 0.5) is 14.9 Å². The quantitative estimate of drug-likeness (QED) is 0.833. The highest BCUT2D eigenvalue weighted by Crippen LogP contribution is 2.14. The first-order valence-corrected chi connectivity index (χ1v) is 4.37. The average molecular weight is 213 g/mol. The molecule has 1 unspecified atom stereocenters. The van der Waals surface area contributed by atoms with E-state index >= 15 is 0 Å². The molecule has 0 saturated carbocycles. The normalized spacial score (nSPS) is 12.1. The number of rotatable bonds is 4. The number of halogens is 1. The van der Waals surface area contributed by atoms with E-state index in [1.54, 1.807) is 30.3 Å². The summed E-state index contributed by atoms with van der Waals surface area (Å²) in [7, 11) is 1.19. The molecule has 1 aromatic carbocycles. The second-order valence-electron chi connectivity index (χ2n) is 2.87. The fourth-order valence-electron chi connectivity index (χ4n) is 1.12. The smallest absolute Gasteiger partial charge is 0.411 e. The van der Waals surface area contributed by atoms with E-state index in [0.29, 0.717) is 5.69 Å². The van der Waals surface area contributed by atoms with Crippen molar-refractivity contribution in [2.75, 3.05) is 18.6 Å². The Bertz CT molecular complexity index is 318. The van der Waals surface area contributed by atoms with Gasteiger partial charge in [-0.15, -0.1) is 0 Å². The van der Waals surface area contributed by atoms with Crippen molar-refractivity contribution in [3.63, 3.8) is 0 Å². The molecular formula is C10H12FNO3. The third-order valence-corrected chi connectivity index (χ3v) is 1.88. The van der Waals surface area contributed by atoms with Crippen molar-refractivity contribution in [3.8, 4) is 0 Å². The Hall–Kier alpha value is -1.62. The first-order chi connectivity index (χ1) is 7.15. The monoisotopic (exact) mass is 213 g/mol. The van der Waals surface area contributed by atoms with Crippen molar-refractivity contribution >= 4 is 11.8 Å². The average Bonchev–Trinajstić information content (AvgIpc) is 2.26. The Balaban J connectivity index is 2.80. The minimum atomic E-state index is -1.62. The van der Waals surface area contributed by atoms with Gasteiger partial charge in [0.1, 0.15) is 0 Å². The lowest BCUT2D eigenvalue weighted by Gasteiger charge is -2.20. The summed E-state index contributed by atoms with van der Waals surface area (Å²) in [6.45, 7) is -0.337. The molecule has 5 heteroatoms. The van der Waals surface area contributed by atoms with E-state index in [1.165, 1.54) is 7.11 Å². The van der Waals surface area contributed by atoms with Gasteiger partial charge in [0.05, 0.1) is 6.54 Å². The van der Waals surface area contributed by atoms with E-state index in [-0.39, 0.29) is 6.54 Å². The van der Waals surface area contributed by atoms with Crippen molar-refractivity contribution < 1.29 is 19.0 Å². The molecule has 0 radical (unpaired) electrons. The largest absolute Gasteiger partial charge is 0.465 e. The number of hydrogen-bond donors (Lipinski definition) is 1. The summed E-state index contributed by atoms with van der Waals surface area (Å²) in [5.74, 6) is 0. The molecule has 15 heavy (non-hydrogen) atoms. The molecule has 0 aliphatic heterocycles. The van der Waals surface area contributed by atoms with Gasteiger partial charge in [-0.2, -0.15) is 0 Å². The number of carbonyl (C=O) groups is 1. The molecule has 1 amide bonds. The molecule has 0 aromatic heterocycles. The van der Waals surface area contributed by atoms with Crippen LogP contribution < -0.4 is 4.90 Å². The third-order valence-electron chi connectivity index (χ3n) is 1.88. The zero-order valence-electron chi connectivity index (χ0n) is 8.26. The van der Waals surface area contributed by atoms with E-state index in [2.05, 4.69) is 4.74 Å². The van der Waals surface area contributed by atoms with E-state index in [0.717, 1.165) is 4.90 Å². The van der Waals surface area contributed by atoms with Gasteiger partial charge < -0.3 is 9.84 Å². The number of anilines is 1. The van der Waals surface area contributed by atoms with E-state index < -0.39 is 12.5 Å². The maximum absolute atomic E-state index is 12.9. The summed E-state index contributed by atoms with van der Waals surface area (Å²) in [6.07, 6.45) is -2.83. The molecule has 4 nitrogen and oxygen atoms in total. The fraction of sp³-hybridized carbons (Fsp3) is 0.300. The van der Waals surface area contributed by atoms with Gasteiger partial charge in [-0.1, -0.05) is 18.2 Å². The van der Waals surface area contributed by atoms with Crippen molar-refractivity contribution in [2.24, 2.45) is 0 Å². The summed E-state index contributed by atoms with van der Waals surface area (Å²) in [5.41, 5.74) is 0.421. The maximum atomic E-state index is 12.9. The Morgan fingerprint density at radius 2 is 2.13 bits per heavy atom. The summed E-state index contributed by atoms with van der Waals surface area (Å²) < 4.78 is 17.3. The Kier molecular flexibility index (Phi) is 4.05. The minimum absolute atomic E-state index is 0.337. The van der Waals surface area contributed by atoms with Gasteiger partial charge in [0, 0.05) is 12.8 Å². The maximum Gasteiger partial charge on any atom is 0.411 e. The first kappa shape index (κ1) is 11.5. The van der Waals surface area contributed by atoms with Crippen molar-refractivity contribution in [3.05, 3.63) is 30.3 Å². The first-order valence-electron chi connectivity index (χ1n) is 4.37. The highest BCUT2D eigenvalue weighted by molar-refractivity contribution is 5.85. The van der Waals surface area contributed by atoms with Gasteiger partial charge in [-0.05, 0) is 12.1 Å². The number of hydrogen-bond acceptors (Lipinski definition) is 2. The van der Waals surface area contributed by atoms with Crippen LogP contribution in [0.3, 0.4) is 0 Å².